The van der Waals surface area contributed by atoms with Gasteiger partial charge < -0.3 is 0 Å². The summed E-state index contributed by atoms with van der Waals surface area (Å²) in [5.74, 6) is -0.775. The van der Waals surface area contributed by atoms with Gasteiger partial charge in [0.1, 0.15) is 11.6 Å². The van der Waals surface area contributed by atoms with Gasteiger partial charge in [-0.2, -0.15) is 0 Å². The normalized spacial score (nSPS) is 10.8. The van der Waals surface area contributed by atoms with E-state index in [0.717, 1.165) is 0 Å². The molecule has 0 spiro atoms. The molecule has 0 N–H and O–H groups in total. The van der Waals surface area contributed by atoms with Gasteiger partial charge in [0, 0.05) is 5.92 Å². The molecule has 2 rings (SSSR count). The zero-order chi connectivity index (χ0) is 12.3. The molecule has 0 fully saturated rings. The number of benzene rings is 2. The van der Waals surface area contributed by atoms with E-state index >= 15 is 0 Å². The molecule has 0 aliphatic heterocycles. The number of hydrogen-bond donors (Lipinski definition) is 0. The van der Waals surface area contributed by atoms with Crippen LogP contribution >= 0.6 is 0 Å². The Morgan fingerprint density at radius 2 is 1.24 bits per heavy atom. The van der Waals surface area contributed by atoms with Crippen molar-refractivity contribution in [2.75, 3.05) is 0 Å². The molecule has 0 heterocycles. The van der Waals surface area contributed by atoms with Crippen molar-refractivity contribution in [3.8, 4) is 0 Å². The van der Waals surface area contributed by atoms with Crippen molar-refractivity contribution in [3.05, 3.63) is 71.3 Å². The van der Waals surface area contributed by atoms with Gasteiger partial charge in [0.15, 0.2) is 0 Å². The second kappa shape index (κ2) is 5.09. The number of halogens is 2. The molecule has 0 aromatic heterocycles. The fraction of sp³-hybridized carbons (Fsp3) is 0.200. The summed E-state index contributed by atoms with van der Waals surface area (Å²) in [4.78, 5) is 0. The summed E-state index contributed by atoms with van der Waals surface area (Å²) in [5, 5.41) is 0. The van der Waals surface area contributed by atoms with Gasteiger partial charge in [-0.25, -0.2) is 8.78 Å². The minimum atomic E-state index is -0.275. The van der Waals surface area contributed by atoms with Crippen LogP contribution in [-0.2, 0) is 0 Å². The Kier molecular flexibility index (Phi) is 3.52. The molecule has 0 amide bonds. The summed E-state index contributed by atoms with van der Waals surface area (Å²) in [6.45, 7) is 1.93. The van der Waals surface area contributed by atoms with Crippen molar-refractivity contribution < 1.29 is 8.78 Å². The predicted molar refractivity (Wildman–Crippen MR) is 64.9 cm³/mol. The Hall–Kier alpha value is -1.70. The first-order valence-corrected chi connectivity index (χ1v) is 5.73. The van der Waals surface area contributed by atoms with E-state index in [2.05, 4.69) is 0 Å². The molecule has 0 saturated carbocycles. The first kappa shape index (κ1) is 11.8. The second-order valence-electron chi connectivity index (χ2n) is 4.00. The smallest absolute Gasteiger partial charge is 0.127 e. The zero-order valence-corrected chi connectivity index (χ0v) is 9.66. The summed E-state index contributed by atoms with van der Waals surface area (Å²) in [7, 11) is 0. The molecule has 2 heteroatoms. The third-order valence-electron chi connectivity index (χ3n) is 2.97. The van der Waals surface area contributed by atoms with Crippen LogP contribution in [0.2, 0.25) is 0 Å². The maximum absolute atomic E-state index is 13.7. The minimum Gasteiger partial charge on any atom is -0.207 e. The summed E-state index contributed by atoms with van der Waals surface area (Å²) in [5.41, 5.74) is 1.11. The van der Waals surface area contributed by atoms with E-state index in [-0.39, 0.29) is 17.6 Å². The maximum Gasteiger partial charge on any atom is 0.127 e. The maximum atomic E-state index is 13.7. The van der Waals surface area contributed by atoms with Gasteiger partial charge in [-0.05, 0) is 29.7 Å². The largest absolute Gasteiger partial charge is 0.207 e. The molecule has 0 bridgehead atoms. The van der Waals surface area contributed by atoms with Crippen LogP contribution in [0.4, 0.5) is 8.78 Å². The second-order valence-corrected chi connectivity index (χ2v) is 4.00. The van der Waals surface area contributed by atoms with E-state index < -0.39 is 0 Å². The first-order chi connectivity index (χ1) is 8.24. The summed E-state index contributed by atoms with van der Waals surface area (Å²) < 4.78 is 27.4. The van der Waals surface area contributed by atoms with Gasteiger partial charge in [0.25, 0.3) is 0 Å². The summed E-state index contributed by atoms with van der Waals surface area (Å²) in [6, 6.07) is 13.1. The molecule has 2 aromatic carbocycles. The van der Waals surface area contributed by atoms with E-state index in [1.165, 1.54) is 12.1 Å². The van der Waals surface area contributed by atoms with Gasteiger partial charge >= 0.3 is 0 Å². The van der Waals surface area contributed by atoms with Crippen LogP contribution in [0, 0.1) is 11.6 Å². The molecular formula is C15H14F2. The molecule has 88 valence electrons. The average molecular weight is 232 g/mol. The number of hydrogen-bond acceptors (Lipinski definition) is 0. The van der Waals surface area contributed by atoms with Crippen LogP contribution in [0.5, 0.6) is 0 Å². The molecule has 0 saturated heterocycles. The summed E-state index contributed by atoms with van der Waals surface area (Å²) >= 11 is 0. The molecule has 0 unspecified atom stereocenters. The monoisotopic (exact) mass is 232 g/mol. The predicted octanol–water partition coefficient (Wildman–Crippen LogP) is 4.51. The Bertz CT molecular complexity index is 460. The lowest BCUT2D eigenvalue weighted by atomic mass is 9.88. The van der Waals surface area contributed by atoms with Crippen LogP contribution < -0.4 is 0 Å². The van der Waals surface area contributed by atoms with E-state index in [4.69, 9.17) is 0 Å². The van der Waals surface area contributed by atoms with Gasteiger partial charge in [-0.3, -0.25) is 0 Å². The Labute approximate surface area is 99.9 Å². The van der Waals surface area contributed by atoms with Crippen LogP contribution in [-0.4, -0.2) is 0 Å². The summed E-state index contributed by atoms with van der Waals surface area (Å²) in [6.07, 6.45) is 0.669. The van der Waals surface area contributed by atoms with E-state index in [9.17, 15) is 8.78 Å². The highest BCUT2D eigenvalue weighted by molar-refractivity contribution is 5.33. The van der Waals surface area contributed by atoms with Gasteiger partial charge in [0.05, 0.1) is 0 Å². The van der Waals surface area contributed by atoms with E-state index in [0.29, 0.717) is 17.5 Å². The lowest BCUT2D eigenvalue weighted by Crippen LogP contribution is -2.04. The van der Waals surface area contributed by atoms with Crippen molar-refractivity contribution >= 4 is 0 Å². The molecule has 0 aliphatic rings. The van der Waals surface area contributed by atoms with Crippen molar-refractivity contribution in [1.82, 2.24) is 0 Å². The molecule has 2 aromatic rings. The van der Waals surface area contributed by atoms with Crippen molar-refractivity contribution in [1.29, 1.82) is 0 Å². The molecule has 0 atom stereocenters. The fourth-order valence-electron chi connectivity index (χ4n) is 2.12. The third kappa shape index (κ3) is 2.36. The van der Waals surface area contributed by atoms with Crippen molar-refractivity contribution in [2.45, 2.75) is 19.3 Å². The SMILES string of the molecule is CCC(c1ccccc1F)c1ccccc1F. The number of rotatable bonds is 3. The molecule has 0 aliphatic carbocycles. The van der Waals surface area contributed by atoms with Gasteiger partial charge in [-0.15, -0.1) is 0 Å². The zero-order valence-electron chi connectivity index (χ0n) is 9.66. The minimum absolute atomic E-state index is 0.225. The van der Waals surface area contributed by atoms with Gasteiger partial charge in [0.2, 0.25) is 0 Å². The van der Waals surface area contributed by atoms with Crippen LogP contribution in [0.15, 0.2) is 48.5 Å². The quantitative estimate of drug-likeness (QED) is 0.730. The molecular weight excluding hydrogens is 218 g/mol. The fourth-order valence-corrected chi connectivity index (χ4v) is 2.12. The first-order valence-electron chi connectivity index (χ1n) is 5.73. The Balaban J connectivity index is 2.48. The standard InChI is InChI=1S/C15H14F2/c1-2-11(12-7-3-5-9-14(12)16)13-8-4-6-10-15(13)17/h3-11H,2H2,1H3. The van der Waals surface area contributed by atoms with Crippen LogP contribution in [0.3, 0.4) is 0 Å². The van der Waals surface area contributed by atoms with Gasteiger partial charge in [-0.1, -0.05) is 43.3 Å². The highest BCUT2D eigenvalue weighted by Crippen LogP contribution is 2.30. The highest BCUT2D eigenvalue weighted by Gasteiger charge is 2.18. The van der Waals surface area contributed by atoms with E-state index in [1.807, 2.05) is 6.92 Å². The van der Waals surface area contributed by atoms with Crippen molar-refractivity contribution in [3.63, 3.8) is 0 Å². The van der Waals surface area contributed by atoms with Crippen LogP contribution in [0.1, 0.15) is 30.4 Å². The lowest BCUT2D eigenvalue weighted by molar-refractivity contribution is 0.566. The third-order valence-corrected chi connectivity index (χ3v) is 2.97. The molecule has 17 heavy (non-hydrogen) atoms. The van der Waals surface area contributed by atoms with Crippen LogP contribution in [0.25, 0.3) is 0 Å². The Morgan fingerprint density at radius 1 is 0.824 bits per heavy atom. The van der Waals surface area contributed by atoms with Crippen molar-refractivity contribution in [2.24, 2.45) is 0 Å². The highest BCUT2D eigenvalue weighted by atomic mass is 19.1. The molecule has 0 nitrogen and oxygen atoms in total. The Morgan fingerprint density at radius 3 is 1.59 bits per heavy atom. The average Bonchev–Trinajstić information content (AvgIpc) is 2.34. The lowest BCUT2D eigenvalue weighted by Gasteiger charge is -2.17. The van der Waals surface area contributed by atoms with E-state index in [1.54, 1.807) is 36.4 Å². The molecule has 0 radical (unpaired) electrons. The topological polar surface area (TPSA) is 0 Å².